The number of nitrogens with zero attached hydrogens (tertiary/aromatic N) is 1. The van der Waals surface area contributed by atoms with Crippen LogP contribution in [0.2, 0.25) is 0 Å². The molecule has 2 aromatic rings. The van der Waals surface area contributed by atoms with Crippen LogP contribution in [0.15, 0.2) is 48.5 Å². The molecular weight excluding hydrogens is 322 g/mol. The van der Waals surface area contributed by atoms with Crippen LogP contribution in [0.1, 0.15) is 24.8 Å². The van der Waals surface area contributed by atoms with Gasteiger partial charge in [0.2, 0.25) is 5.91 Å². The van der Waals surface area contributed by atoms with Crippen molar-refractivity contribution in [3.63, 3.8) is 0 Å². The summed E-state index contributed by atoms with van der Waals surface area (Å²) in [6.45, 7) is 2.48. The van der Waals surface area contributed by atoms with E-state index in [1.165, 1.54) is 17.0 Å². The molecule has 3 atom stereocenters. The van der Waals surface area contributed by atoms with Crippen LogP contribution >= 0.6 is 0 Å². The molecule has 0 spiro atoms. The summed E-state index contributed by atoms with van der Waals surface area (Å²) in [5.41, 5.74) is 8.97. The summed E-state index contributed by atoms with van der Waals surface area (Å²) >= 11 is 0. The standard InChI is InChI=1S/C20H22F2N2O/c1-13(19(23)20(25)24-11-10-18(22)12-24)14-2-4-15(5-3-14)16-6-8-17(21)9-7-16/h2-9,13,18-19H,10-12,23H2,1H3/t13-,18-,19?/m0/s1. The first-order valence-electron chi connectivity index (χ1n) is 8.50. The first-order chi connectivity index (χ1) is 12.0. The van der Waals surface area contributed by atoms with Gasteiger partial charge in [-0.1, -0.05) is 43.3 Å². The van der Waals surface area contributed by atoms with Crippen LogP contribution in [-0.4, -0.2) is 36.1 Å². The second-order valence-electron chi connectivity index (χ2n) is 6.61. The molecule has 1 unspecified atom stereocenters. The third-order valence-corrected chi connectivity index (χ3v) is 4.88. The molecule has 1 amide bonds. The van der Waals surface area contributed by atoms with Crippen LogP contribution in [0.4, 0.5) is 8.78 Å². The third kappa shape index (κ3) is 3.87. The van der Waals surface area contributed by atoms with Gasteiger partial charge in [-0.25, -0.2) is 8.78 Å². The molecule has 1 fully saturated rings. The predicted octanol–water partition coefficient (Wildman–Crippen LogP) is 3.49. The van der Waals surface area contributed by atoms with Crippen LogP contribution in [-0.2, 0) is 4.79 Å². The van der Waals surface area contributed by atoms with Crippen molar-refractivity contribution >= 4 is 5.91 Å². The van der Waals surface area contributed by atoms with Crippen molar-refractivity contribution in [2.75, 3.05) is 13.1 Å². The summed E-state index contributed by atoms with van der Waals surface area (Å²) in [4.78, 5) is 13.9. The van der Waals surface area contributed by atoms with Gasteiger partial charge in [0.15, 0.2) is 0 Å². The van der Waals surface area contributed by atoms with Gasteiger partial charge >= 0.3 is 0 Å². The number of benzene rings is 2. The number of carbonyl (C=O) groups excluding carboxylic acids is 1. The van der Waals surface area contributed by atoms with Crippen molar-refractivity contribution in [2.45, 2.75) is 31.5 Å². The van der Waals surface area contributed by atoms with Gasteiger partial charge in [0.25, 0.3) is 0 Å². The molecule has 0 radical (unpaired) electrons. The minimum absolute atomic E-state index is 0.142. The predicted molar refractivity (Wildman–Crippen MR) is 94.3 cm³/mol. The smallest absolute Gasteiger partial charge is 0.240 e. The Hall–Kier alpha value is -2.27. The van der Waals surface area contributed by atoms with Crippen molar-refractivity contribution < 1.29 is 13.6 Å². The fourth-order valence-electron chi connectivity index (χ4n) is 3.17. The maximum Gasteiger partial charge on any atom is 0.240 e. The Morgan fingerprint density at radius 2 is 1.68 bits per heavy atom. The zero-order valence-electron chi connectivity index (χ0n) is 14.2. The minimum atomic E-state index is -0.943. The Kier molecular flexibility index (Phi) is 5.13. The van der Waals surface area contributed by atoms with Gasteiger partial charge in [-0.15, -0.1) is 0 Å². The van der Waals surface area contributed by atoms with Crippen molar-refractivity contribution in [2.24, 2.45) is 5.73 Å². The molecule has 1 aliphatic heterocycles. The van der Waals surface area contributed by atoms with Crippen molar-refractivity contribution in [1.82, 2.24) is 4.90 Å². The highest BCUT2D eigenvalue weighted by molar-refractivity contribution is 5.83. The van der Waals surface area contributed by atoms with E-state index in [4.69, 9.17) is 5.73 Å². The summed E-state index contributed by atoms with van der Waals surface area (Å²) in [5.74, 6) is -0.639. The summed E-state index contributed by atoms with van der Waals surface area (Å²) in [5, 5.41) is 0. The second-order valence-corrected chi connectivity index (χ2v) is 6.61. The Balaban J connectivity index is 1.70. The lowest BCUT2D eigenvalue weighted by Gasteiger charge is -2.25. The topological polar surface area (TPSA) is 46.3 Å². The molecule has 3 nitrogen and oxygen atoms in total. The maximum absolute atomic E-state index is 13.3. The average Bonchev–Trinajstić information content (AvgIpc) is 3.07. The molecule has 0 saturated carbocycles. The monoisotopic (exact) mass is 344 g/mol. The number of carbonyl (C=O) groups is 1. The lowest BCUT2D eigenvalue weighted by atomic mass is 9.91. The van der Waals surface area contributed by atoms with Gasteiger partial charge in [-0.3, -0.25) is 4.79 Å². The third-order valence-electron chi connectivity index (χ3n) is 4.88. The molecule has 0 aliphatic carbocycles. The molecule has 132 valence electrons. The lowest BCUT2D eigenvalue weighted by Crippen LogP contribution is -2.45. The Morgan fingerprint density at radius 3 is 2.20 bits per heavy atom. The highest BCUT2D eigenvalue weighted by Gasteiger charge is 2.31. The molecule has 0 aromatic heterocycles. The van der Waals surface area contributed by atoms with Crippen LogP contribution in [0, 0.1) is 5.82 Å². The quantitative estimate of drug-likeness (QED) is 0.923. The Bertz CT molecular complexity index is 730. The van der Waals surface area contributed by atoms with E-state index in [-0.39, 0.29) is 24.2 Å². The molecule has 5 heteroatoms. The van der Waals surface area contributed by atoms with Gasteiger partial charge in [0, 0.05) is 12.5 Å². The van der Waals surface area contributed by atoms with E-state index in [1.54, 1.807) is 12.1 Å². The number of amides is 1. The first-order valence-corrected chi connectivity index (χ1v) is 8.50. The van der Waals surface area contributed by atoms with Gasteiger partial charge in [-0.2, -0.15) is 0 Å². The van der Waals surface area contributed by atoms with E-state index in [1.807, 2.05) is 31.2 Å². The molecule has 3 rings (SSSR count). The highest BCUT2D eigenvalue weighted by Crippen LogP contribution is 2.25. The van der Waals surface area contributed by atoms with Crippen LogP contribution in [0.5, 0.6) is 0 Å². The SMILES string of the molecule is C[C@@H](c1ccc(-c2ccc(F)cc2)cc1)C(N)C(=O)N1CC[C@H](F)C1. The molecule has 0 bridgehead atoms. The highest BCUT2D eigenvalue weighted by atomic mass is 19.1. The van der Waals surface area contributed by atoms with E-state index in [0.29, 0.717) is 13.0 Å². The van der Waals surface area contributed by atoms with Gasteiger partial charge in [0.05, 0.1) is 12.6 Å². The molecule has 1 saturated heterocycles. The van der Waals surface area contributed by atoms with Crippen LogP contribution < -0.4 is 5.73 Å². The molecule has 2 N–H and O–H groups in total. The fraction of sp³-hybridized carbons (Fsp3) is 0.350. The Labute approximate surface area is 146 Å². The van der Waals surface area contributed by atoms with Gasteiger partial charge < -0.3 is 10.6 Å². The number of hydrogen-bond acceptors (Lipinski definition) is 2. The van der Waals surface area contributed by atoms with E-state index in [0.717, 1.165) is 16.7 Å². The van der Waals surface area contributed by atoms with Gasteiger partial charge in [-0.05, 0) is 35.2 Å². The van der Waals surface area contributed by atoms with Crippen molar-refractivity contribution in [1.29, 1.82) is 0 Å². The zero-order valence-corrected chi connectivity index (χ0v) is 14.2. The van der Waals surface area contributed by atoms with E-state index in [2.05, 4.69) is 0 Å². The molecular formula is C20H22F2N2O. The van der Waals surface area contributed by atoms with E-state index < -0.39 is 12.2 Å². The number of rotatable bonds is 4. The number of hydrogen-bond donors (Lipinski definition) is 1. The fourth-order valence-corrected chi connectivity index (χ4v) is 3.17. The van der Waals surface area contributed by atoms with Crippen LogP contribution in [0.25, 0.3) is 11.1 Å². The Morgan fingerprint density at radius 1 is 1.12 bits per heavy atom. The summed E-state index contributed by atoms with van der Waals surface area (Å²) in [6.07, 6.45) is -0.555. The maximum atomic E-state index is 13.3. The number of likely N-dealkylation sites (tertiary alicyclic amines) is 1. The number of halogens is 2. The number of nitrogens with two attached hydrogens (primary N) is 1. The van der Waals surface area contributed by atoms with Crippen molar-refractivity contribution in [3.05, 3.63) is 59.9 Å². The second kappa shape index (κ2) is 7.31. The normalized spacial score (nSPS) is 19.7. The van der Waals surface area contributed by atoms with E-state index >= 15 is 0 Å². The lowest BCUT2D eigenvalue weighted by molar-refractivity contribution is -0.132. The number of alkyl halides is 1. The largest absolute Gasteiger partial charge is 0.338 e. The molecule has 1 aliphatic rings. The molecule has 25 heavy (non-hydrogen) atoms. The van der Waals surface area contributed by atoms with E-state index in [9.17, 15) is 13.6 Å². The minimum Gasteiger partial charge on any atom is -0.338 e. The summed E-state index contributed by atoms with van der Waals surface area (Å²) in [6, 6.07) is 13.3. The van der Waals surface area contributed by atoms with Gasteiger partial charge in [0.1, 0.15) is 12.0 Å². The average molecular weight is 344 g/mol. The summed E-state index contributed by atoms with van der Waals surface area (Å²) in [7, 11) is 0. The first kappa shape index (κ1) is 17.5. The van der Waals surface area contributed by atoms with Crippen molar-refractivity contribution in [3.8, 4) is 11.1 Å². The summed E-state index contributed by atoms with van der Waals surface area (Å²) < 4.78 is 26.3. The molecule has 1 heterocycles. The van der Waals surface area contributed by atoms with Crippen LogP contribution in [0.3, 0.4) is 0 Å². The molecule has 2 aromatic carbocycles. The zero-order chi connectivity index (χ0) is 18.0.